The van der Waals surface area contributed by atoms with E-state index in [0.717, 1.165) is 25.7 Å². The number of carbonyl (C=O) groups is 2. The molecule has 0 N–H and O–H groups in total. The third-order valence-electron chi connectivity index (χ3n) is 8.43. The first-order valence-corrected chi connectivity index (χ1v) is 9.16. The molecule has 0 aromatic rings. The molecule has 3 nitrogen and oxygen atoms in total. The van der Waals surface area contributed by atoms with Gasteiger partial charge in [-0.15, -0.1) is 0 Å². The van der Waals surface area contributed by atoms with Crippen LogP contribution in [-0.2, 0) is 14.3 Å². The Morgan fingerprint density at radius 3 is 2.73 bits per heavy atom. The van der Waals surface area contributed by atoms with Crippen LogP contribution in [0.5, 0.6) is 0 Å². The van der Waals surface area contributed by atoms with E-state index in [0.29, 0.717) is 40.7 Å². The summed E-state index contributed by atoms with van der Waals surface area (Å²) in [7, 11) is 0. The Kier molecular flexibility index (Phi) is 2.51. The average molecular weight is 302 g/mol. The van der Waals surface area contributed by atoms with Crippen LogP contribution >= 0.6 is 0 Å². The van der Waals surface area contributed by atoms with Crippen LogP contribution in [0.4, 0.5) is 0 Å². The second kappa shape index (κ2) is 4.03. The topological polar surface area (TPSA) is 46.7 Å². The van der Waals surface area contributed by atoms with Gasteiger partial charge in [-0.3, -0.25) is 9.59 Å². The Balaban J connectivity index is 1.50. The van der Waals surface area contributed by atoms with Crippen LogP contribution in [0, 0.1) is 34.5 Å². The van der Waals surface area contributed by atoms with Crippen molar-refractivity contribution in [3.8, 4) is 0 Å². The number of epoxide rings is 1. The third-order valence-corrected chi connectivity index (χ3v) is 8.43. The summed E-state index contributed by atoms with van der Waals surface area (Å²) in [5.41, 5.74) is 0.219. The average Bonchev–Trinajstić information content (AvgIpc) is 3.22. The highest BCUT2D eigenvalue weighted by atomic mass is 16.6. The molecule has 1 aliphatic heterocycles. The molecule has 1 heterocycles. The molecule has 8 atom stereocenters. The first kappa shape index (κ1) is 13.7. The van der Waals surface area contributed by atoms with E-state index < -0.39 is 0 Å². The summed E-state index contributed by atoms with van der Waals surface area (Å²) in [4.78, 5) is 24.5. The number of hydrogen-bond donors (Lipinski definition) is 0. The van der Waals surface area contributed by atoms with E-state index in [1.165, 1.54) is 19.3 Å². The molecule has 3 heteroatoms. The van der Waals surface area contributed by atoms with Crippen LogP contribution in [0.25, 0.3) is 0 Å². The van der Waals surface area contributed by atoms with Crippen molar-refractivity contribution in [2.24, 2.45) is 34.5 Å². The molecule has 5 aliphatic rings. The molecule has 4 saturated carbocycles. The van der Waals surface area contributed by atoms with Gasteiger partial charge in [0.05, 0.1) is 6.10 Å². The zero-order valence-electron chi connectivity index (χ0n) is 13.6. The maximum atomic E-state index is 12.6. The van der Waals surface area contributed by atoms with Crippen molar-refractivity contribution in [2.75, 3.05) is 0 Å². The SMILES string of the molecule is C[C@]12CCC(=O)C[C@@H]1CC[C@H]1[C@@H]3[C@@H]4O[C@@H]4C(=O)[C@@]3(C)CC[C@@H]12. The molecule has 5 fully saturated rings. The molecule has 0 aromatic carbocycles. The Hall–Kier alpha value is -0.700. The van der Waals surface area contributed by atoms with Crippen molar-refractivity contribution in [1.29, 1.82) is 0 Å². The van der Waals surface area contributed by atoms with Gasteiger partial charge >= 0.3 is 0 Å². The normalized spacial score (nSPS) is 59.4. The Labute approximate surface area is 132 Å². The fourth-order valence-corrected chi connectivity index (χ4v) is 7.12. The zero-order valence-corrected chi connectivity index (χ0v) is 13.6. The first-order valence-electron chi connectivity index (χ1n) is 9.16. The lowest BCUT2D eigenvalue weighted by Crippen LogP contribution is -2.55. The second-order valence-electron chi connectivity index (χ2n) is 9.16. The molecule has 0 bridgehead atoms. The van der Waals surface area contributed by atoms with Gasteiger partial charge in [0.1, 0.15) is 11.9 Å². The summed E-state index contributed by atoms with van der Waals surface area (Å²) >= 11 is 0. The Bertz CT molecular complexity index is 569. The number of fused-ring (bicyclic) bond motifs is 7. The molecule has 4 aliphatic carbocycles. The van der Waals surface area contributed by atoms with Crippen LogP contribution < -0.4 is 0 Å². The van der Waals surface area contributed by atoms with E-state index in [9.17, 15) is 9.59 Å². The van der Waals surface area contributed by atoms with Gasteiger partial charge in [-0.2, -0.15) is 0 Å². The lowest BCUT2D eigenvalue weighted by Gasteiger charge is -2.59. The summed E-state index contributed by atoms with van der Waals surface area (Å²) in [5, 5.41) is 0. The number of rotatable bonds is 0. The molecule has 0 radical (unpaired) electrons. The maximum Gasteiger partial charge on any atom is 0.170 e. The number of hydrogen-bond acceptors (Lipinski definition) is 3. The lowest BCUT2D eigenvalue weighted by molar-refractivity contribution is -0.152. The van der Waals surface area contributed by atoms with Gasteiger partial charge in [0.2, 0.25) is 0 Å². The molecule has 22 heavy (non-hydrogen) atoms. The van der Waals surface area contributed by atoms with Gasteiger partial charge in [-0.05, 0) is 55.3 Å². The van der Waals surface area contributed by atoms with Crippen LogP contribution in [0.3, 0.4) is 0 Å². The number of Topliss-reactive ketones (excluding diaryl/α,β-unsaturated/α-hetero) is 2. The lowest BCUT2D eigenvalue weighted by atomic mass is 9.45. The standard InChI is InChI=1S/C19H26O3/c1-18-7-5-11(20)9-10(18)3-4-12-13(18)6-8-19(2)14(12)15-16(22-15)17(19)21/h10,12-16H,3-9H2,1-2H3/t10-,12+,13-,14+,15-,16-,18-,19-/m0/s1. The molecule has 0 unspecified atom stereocenters. The fourth-order valence-electron chi connectivity index (χ4n) is 7.12. The summed E-state index contributed by atoms with van der Waals surface area (Å²) < 4.78 is 5.73. The highest BCUT2D eigenvalue weighted by Crippen LogP contribution is 2.68. The number of ether oxygens (including phenoxy) is 1. The first-order chi connectivity index (χ1) is 10.4. The van der Waals surface area contributed by atoms with Gasteiger partial charge in [-0.25, -0.2) is 0 Å². The minimum Gasteiger partial charge on any atom is -0.361 e. The number of ketones is 2. The predicted octanol–water partition coefficient (Wildman–Crippen LogP) is 3.15. The largest absolute Gasteiger partial charge is 0.361 e. The molecule has 1 saturated heterocycles. The van der Waals surface area contributed by atoms with Crippen LogP contribution in [0.1, 0.15) is 58.8 Å². The van der Waals surface area contributed by atoms with E-state index in [2.05, 4.69) is 13.8 Å². The van der Waals surface area contributed by atoms with Gasteiger partial charge in [-0.1, -0.05) is 13.8 Å². The minimum absolute atomic E-state index is 0.0628. The molecule has 0 aromatic heterocycles. The third kappa shape index (κ3) is 1.47. The van der Waals surface area contributed by atoms with Crippen molar-refractivity contribution < 1.29 is 14.3 Å². The molecule has 0 spiro atoms. The van der Waals surface area contributed by atoms with Crippen LogP contribution in [-0.4, -0.2) is 23.8 Å². The van der Waals surface area contributed by atoms with E-state index in [-0.39, 0.29) is 17.6 Å². The maximum absolute atomic E-state index is 12.6. The van der Waals surface area contributed by atoms with Crippen molar-refractivity contribution in [3.63, 3.8) is 0 Å². The van der Waals surface area contributed by atoms with Crippen molar-refractivity contribution in [2.45, 2.75) is 71.0 Å². The quantitative estimate of drug-likeness (QED) is 0.646. The molecule has 5 rings (SSSR count). The van der Waals surface area contributed by atoms with Crippen molar-refractivity contribution in [1.82, 2.24) is 0 Å². The van der Waals surface area contributed by atoms with E-state index in [1.54, 1.807) is 0 Å². The van der Waals surface area contributed by atoms with Gasteiger partial charge < -0.3 is 4.74 Å². The summed E-state index contributed by atoms with van der Waals surface area (Å²) in [6, 6.07) is 0. The molecule has 0 amide bonds. The van der Waals surface area contributed by atoms with Crippen molar-refractivity contribution >= 4 is 11.6 Å². The van der Waals surface area contributed by atoms with Gasteiger partial charge in [0, 0.05) is 24.2 Å². The highest BCUT2D eigenvalue weighted by molar-refractivity contribution is 5.94. The Morgan fingerprint density at radius 2 is 1.91 bits per heavy atom. The zero-order chi connectivity index (χ0) is 15.3. The van der Waals surface area contributed by atoms with Crippen LogP contribution in [0.2, 0.25) is 0 Å². The summed E-state index contributed by atoms with van der Waals surface area (Å²) in [6.45, 7) is 4.66. The van der Waals surface area contributed by atoms with Gasteiger partial charge in [0.25, 0.3) is 0 Å². The van der Waals surface area contributed by atoms with Crippen LogP contribution in [0.15, 0.2) is 0 Å². The molecular formula is C19H26O3. The number of carbonyl (C=O) groups excluding carboxylic acids is 2. The van der Waals surface area contributed by atoms with E-state index in [4.69, 9.17) is 4.74 Å². The second-order valence-corrected chi connectivity index (χ2v) is 9.16. The summed E-state index contributed by atoms with van der Waals surface area (Å²) in [6.07, 6.45) is 7.45. The monoisotopic (exact) mass is 302 g/mol. The van der Waals surface area contributed by atoms with Gasteiger partial charge in [0.15, 0.2) is 5.78 Å². The van der Waals surface area contributed by atoms with E-state index in [1.807, 2.05) is 0 Å². The highest BCUT2D eigenvalue weighted by Gasteiger charge is 2.72. The fraction of sp³-hybridized carbons (Fsp3) is 0.895. The Morgan fingerprint density at radius 1 is 1.09 bits per heavy atom. The molecular weight excluding hydrogens is 276 g/mol. The smallest absolute Gasteiger partial charge is 0.170 e. The van der Waals surface area contributed by atoms with E-state index >= 15 is 0 Å². The summed E-state index contributed by atoms with van der Waals surface area (Å²) in [5.74, 6) is 3.27. The minimum atomic E-state index is -0.109. The predicted molar refractivity (Wildman–Crippen MR) is 81.2 cm³/mol. The molecule has 120 valence electrons. The van der Waals surface area contributed by atoms with Crippen molar-refractivity contribution in [3.05, 3.63) is 0 Å².